The molecule has 0 unspecified atom stereocenters. The lowest BCUT2D eigenvalue weighted by atomic mass is 10.0. The molecular weight excluding hydrogens is 256 g/mol. The number of aromatic nitrogens is 2. The summed E-state index contributed by atoms with van der Waals surface area (Å²) in [4.78, 5) is 11.0. The molecule has 0 saturated carbocycles. The van der Waals surface area contributed by atoms with Gasteiger partial charge in [0.25, 0.3) is 0 Å². The highest BCUT2D eigenvalue weighted by Crippen LogP contribution is 2.11. The van der Waals surface area contributed by atoms with Gasteiger partial charge in [-0.25, -0.2) is 9.97 Å². The zero-order chi connectivity index (χ0) is 14.4. The van der Waals surface area contributed by atoms with Crippen LogP contribution in [0.3, 0.4) is 0 Å². The van der Waals surface area contributed by atoms with E-state index in [0.717, 1.165) is 44.2 Å². The number of nitrogens with one attached hydrogen (secondary N) is 1. The number of ether oxygens (including phenoxy) is 1. The minimum absolute atomic E-state index is 0.0857. The highest BCUT2D eigenvalue weighted by atomic mass is 16.5. The van der Waals surface area contributed by atoms with Crippen molar-refractivity contribution in [1.82, 2.24) is 15.3 Å². The first kappa shape index (κ1) is 15.2. The molecule has 1 fully saturated rings. The van der Waals surface area contributed by atoms with E-state index in [2.05, 4.69) is 34.0 Å². The van der Waals surface area contributed by atoms with Gasteiger partial charge in [0.05, 0.1) is 13.2 Å². The fourth-order valence-electron chi connectivity index (χ4n) is 2.08. The molecule has 0 amide bonds. The van der Waals surface area contributed by atoms with Gasteiger partial charge in [-0.3, -0.25) is 0 Å². The summed E-state index contributed by atoms with van der Waals surface area (Å²) in [7, 11) is 0. The van der Waals surface area contributed by atoms with Crippen molar-refractivity contribution in [3.05, 3.63) is 18.0 Å². The Kier molecular flexibility index (Phi) is 5.28. The van der Waals surface area contributed by atoms with Crippen molar-refractivity contribution in [3.8, 4) is 0 Å². The maximum Gasteiger partial charge on any atom is 0.225 e. The van der Waals surface area contributed by atoms with Crippen LogP contribution in [0.4, 0.5) is 5.95 Å². The maximum absolute atomic E-state index is 9.00. The molecule has 2 N–H and O–H groups in total. The van der Waals surface area contributed by atoms with Crippen molar-refractivity contribution >= 4 is 5.95 Å². The molecule has 1 aliphatic heterocycles. The van der Waals surface area contributed by atoms with Crippen LogP contribution in [0.2, 0.25) is 0 Å². The van der Waals surface area contributed by atoms with Crippen LogP contribution in [-0.4, -0.2) is 53.5 Å². The number of aliphatic hydroxyl groups is 1. The molecule has 0 radical (unpaired) electrons. The number of morpholine rings is 1. The van der Waals surface area contributed by atoms with E-state index in [1.54, 1.807) is 0 Å². The van der Waals surface area contributed by atoms with Crippen molar-refractivity contribution in [1.29, 1.82) is 0 Å². The lowest BCUT2D eigenvalue weighted by Crippen LogP contribution is -2.39. The summed E-state index contributed by atoms with van der Waals surface area (Å²) in [6.45, 7) is 8.22. The molecule has 20 heavy (non-hydrogen) atoms. The molecule has 2 rings (SSSR count). The molecule has 1 aliphatic rings. The predicted octanol–water partition coefficient (Wildman–Crippen LogP) is 0.564. The van der Waals surface area contributed by atoms with Gasteiger partial charge in [0.15, 0.2) is 0 Å². The number of hydrogen-bond donors (Lipinski definition) is 2. The first-order valence-corrected chi connectivity index (χ1v) is 7.10. The molecule has 6 nitrogen and oxygen atoms in total. The second kappa shape index (κ2) is 6.97. The summed E-state index contributed by atoms with van der Waals surface area (Å²) < 4.78 is 5.32. The van der Waals surface area contributed by atoms with Crippen LogP contribution in [0.1, 0.15) is 25.8 Å². The van der Waals surface area contributed by atoms with Gasteiger partial charge in [-0.2, -0.15) is 0 Å². The fourth-order valence-corrected chi connectivity index (χ4v) is 2.08. The third kappa shape index (κ3) is 4.40. The Labute approximate surface area is 120 Å². The Hall–Kier alpha value is -1.24. The van der Waals surface area contributed by atoms with E-state index in [1.807, 2.05) is 12.4 Å². The highest BCUT2D eigenvalue weighted by molar-refractivity contribution is 5.30. The minimum atomic E-state index is -0.0857. The van der Waals surface area contributed by atoms with Gasteiger partial charge in [0.2, 0.25) is 5.95 Å². The average Bonchev–Trinajstić information content (AvgIpc) is 2.47. The van der Waals surface area contributed by atoms with Crippen LogP contribution in [0, 0.1) is 0 Å². The Balaban J connectivity index is 1.88. The number of nitrogens with zero attached hydrogens (tertiary/aromatic N) is 3. The SMILES string of the molecule is CC(C)(CCO)NCc1cnc(N2CCOCC2)nc1. The third-order valence-electron chi connectivity index (χ3n) is 3.49. The van der Waals surface area contributed by atoms with Crippen molar-refractivity contribution < 1.29 is 9.84 Å². The van der Waals surface area contributed by atoms with Gasteiger partial charge in [0.1, 0.15) is 0 Å². The summed E-state index contributed by atoms with van der Waals surface area (Å²) >= 11 is 0. The molecule has 1 saturated heterocycles. The Morgan fingerprint density at radius 1 is 1.30 bits per heavy atom. The number of rotatable bonds is 6. The fraction of sp³-hybridized carbons (Fsp3) is 0.714. The van der Waals surface area contributed by atoms with E-state index in [4.69, 9.17) is 9.84 Å². The maximum atomic E-state index is 9.00. The van der Waals surface area contributed by atoms with Crippen LogP contribution in [-0.2, 0) is 11.3 Å². The molecule has 1 aromatic heterocycles. The van der Waals surface area contributed by atoms with Gasteiger partial charge in [-0.1, -0.05) is 0 Å². The van der Waals surface area contributed by atoms with E-state index in [9.17, 15) is 0 Å². The van der Waals surface area contributed by atoms with Gasteiger partial charge in [-0.15, -0.1) is 0 Å². The van der Waals surface area contributed by atoms with Gasteiger partial charge in [0, 0.05) is 49.7 Å². The van der Waals surface area contributed by atoms with E-state index < -0.39 is 0 Å². The van der Waals surface area contributed by atoms with Gasteiger partial charge in [-0.05, 0) is 20.3 Å². The van der Waals surface area contributed by atoms with Crippen LogP contribution >= 0.6 is 0 Å². The molecule has 0 aromatic carbocycles. The Bertz CT molecular complexity index is 402. The largest absolute Gasteiger partial charge is 0.396 e. The molecule has 0 aliphatic carbocycles. The van der Waals surface area contributed by atoms with Crippen molar-refractivity contribution in [3.63, 3.8) is 0 Å². The molecule has 2 heterocycles. The zero-order valence-electron chi connectivity index (χ0n) is 12.3. The summed E-state index contributed by atoms with van der Waals surface area (Å²) in [5, 5.41) is 12.4. The lowest BCUT2D eigenvalue weighted by molar-refractivity contribution is 0.122. The van der Waals surface area contributed by atoms with E-state index in [1.165, 1.54) is 0 Å². The smallest absolute Gasteiger partial charge is 0.225 e. The van der Waals surface area contributed by atoms with Gasteiger partial charge < -0.3 is 20.1 Å². The van der Waals surface area contributed by atoms with Crippen LogP contribution in [0.25, 0.3) is 0 Å². The summed E-state index contributed by atoms with van der Waals surface area (Å²) in [6, 6.07) is 0. The predicted molar refractivity (Wildman–Crippen MR) is 77.7 cm³/mol. The lowest BCUT2D eigenvalue weighted by Gasteiger charge is -2.27. The topological polar surface area (TPSA) is 70.5 Å². The normalized spacial score (nSPS) is 16.4. The molecule has 0 bridgehead atoms. The molecule has 1 aromatic rings. The average molecular weight is 280 g/mol. The standard InChI is InChI=1S/C14H24N4O2/c1-14(2,3-6-19)17-11-12-9-15-13(16-10-12)18-4-7-20-8-5-18/h9-10,17,19H,3-8,11H2,1-2H3. The second-order valence-electron chi connectivity index (χ2n) is 5.70. The number of hydrogen-bond acceptors (Lipinski definition) is 6. The third-order valence-corrected chi connectivity index (χ3v) is 3.49. The summed E-state index contributed by atoms with van der Waals surface area (Å²) in [5.41, 5.74) is 0.963. The van der Waals surface area contributed by atoms with Crippen molar-refractivity contribution in [2.45, 2.75) is 32.4 Å². The molecule has 6 heteroatoms. The monoisotopic (exact) mass is 280 g/mol. The van der Waals surface area contributed by atoms with Gasteiger partial charge >= 0.3 is 0 Å². The molecular formula is C14H24N4O2. The Morgan fingerprint density at radius 2 is 1.95 bits per heavy atom. The first-order valence-electron chi connectivity index (χ1n) is 7.10. The summed E-state index contributed by atoms with van der Waals surface area (Å²) in [6.07, 6.45) is 4.44. The second-order valence-corrected chi connectivity index (χ2v) is 5.70. The highest BCUT2D eigenvalue weighted by Gasteiger charge is 2.16. The van der Waals surface area contributed by atoms with E-state index in [-0.39, 0.29) is 12.1 Å². The number of aliphatic hydroxyl groups excluding tert-OH is 1. The zero-order valence-corrected chi connectivity index (χ0v) is 12.3. The van der Waals surface area contributed by atoms with Crippen LogP contribution < -0.4 is 10.2 Å². The Morgan fingerprint density at radius 3 is 2.55 bits per heavy atom. The van der Waals surface area contributed by atoms with Crippen molar-refractivity contribution in [2.75, 3.05) is 37.8 Å². The first-order chi connectivity index (χ1) is 9.61. The molecule has 112 valence electrons. The van der Waals surface area contributed by atoms with Crippen LogP contribution in [0.5, 0.6) is 0 Å². The molecule has 0 atom stereocenters. The molecule has 0 spiro atoms. The van der Waals surface area contributed by atoms with Crippen molar-refractivity contribution in [2.24, 2.45) is 0 Å². The van der Waals surface area contributed by atoms with E-state index in [0.29, 0.717) is 6.54 Å². The van der Waals surface area contributed by atoms with E-state index >= 15 is 0 Å². The quantitative estimate of drug-likeness (QED) is 0.793. The minimum Gasteiger partial charge on any atom is -0.396 e. The van der Waals surface area contributed by atoms with Crippen LogP contribution in [0.15, 0.2) is 12.4 Å². The summed E-state index contributed by atoms with van der Waals surface area (Å²) in [5.74, 6) is 0.770. The number of anilines is 1.